The third-order valence-electron chi connectivity index (χ3n) is 3.75. The topological polar surface area (TPSA) is 27.7 Å². The smallest absolute Gasteiger partial charge is 0.162 e. The third-order valence-corrected chi connectivity index (χ3v) is 3.75. The fourth-order valence-electron chi connectivity index (χ4n) is 2.19. The number of terminal acetylenes is 1. The largest absolute Gasteiger partial charge is 0.361 e. The van der Waals surface area contributed by atoms with Crippen LogP contribution in [0.4, 0.5) is 0 Å². The number of ether oxygens (including phenoxy) is 3. The Morgan fingerprint density at radius 2 is 1.87 bits per heavy atom. The summed E-state index contributed by atoms with van der Waals surface area (Å²) in [4.78, 5) is 0. The van der Waals surface area contributed by atoms with Crippen LogP contribution in [0.25, 0.3) is 0 Å². The number of hydrogen-bond acceptors (Lipinski definition) is 3. The summed E-state index contributed by atoms with van der Waals surface area (Å²) < 4.78 is 17.4. The molecule has 1 aliphatic rings. The molecule has 128 valence electrons. The SMILES string of the molecule is C#CCC1(CC#CC(OCC(=C)C)C(C)C)COC(C)(C)OC1. The predicted molar refractivity (Wildman–Crippen MR) is 93.7 cm³/mol. The van der Waals surface area contributed by atoms with Crippen LogP contribution in [0.5, 0.6) is 0 Å². The Hall–Kier alpha value is -1.26. The Bertz CT molecular complexity index is 489. The van der Waals surface area contributed by atoms with E-state index in [1.165, 1.54) is 0 Å². The second kappa shape index (κ2) is 8.55. The maximum Gasteiger partial charge on any atom is 0.162 e. The van der Waals surface area contributed by atoms with Gasteiger partial charge in [0.2, 0.25) is 0 Å². The molecular formula is C20H30O3. The molecule has 0 radical (unpaired) electrons. The van der Waals surface area contributed by atoms with E-state index in [-0.39, 0.29) is 11.5 Å². The van der Waals surface area contributed by atoms with Crippen LogP contribution in [-0.4, -0.2) is 31.7 Å². The van der Waals surface area contributed by atoms with Gasteiger partial charge in [0.05, 0.1) is 19.8 Å². The number of rotatable bonds is 6. The molecule has 1 fully saturated rings. The highest BCUT2D eigenvalue weighted by atomic mass is 16.7. The lowest BCUT2D eigenvalue weighted by Gasteiger charge is -2.41. The monoisotopic (exact) mass is 318 g/mol. The second-order valence-electron chi connectivity index (χ2n) is 7.29. The van der Waals surface area contributed by atoms with Gasteiger partial charge >= 0.3 is 0 Å². The molecular weight excluding hydrogens is 288 g/mol. The second-order valence-corrected chi connectivity index (χ2v) is 7.29. The average molecular weight is 318 g/mol. The summed E-state index contributed by atoms with van der Waals surface area (Å²) >= 11 is 0. The van der Waals surface area contributed by atoms with Gasteiger partial charge in [-0.3, -0.25) is 0 Å². The Morgan fingerprint density at radius 1 is 1.26 bits per heavy atom. The van der Waals surface area contributed by atoms with E-state index in [1.54, 1.807) is 0 Å². The Morgan fingerprint density at radius 3 is 2.35 bits per heavy atom. The summed E-state index contributed by atoms with van der Waals surface area (Å²) in [5.74, 6) is 9.00. The van der Waals surface area contributed by atoms with Crippen LogP contribution in [0, 0.1) is 35.5 Å². The Labute approximate surface area is 141 Å². The van der Waals surface area contributed by atoms with E-state index in [2.05, 4.69) is 38.2 Å². The summed E-state index contributed by atoms with van der Waals surface area (Å²) in [6.45, 7) is 15.5. The molecule has 0 spiro atoms. The molecule has 1 aliphatic heterocycles. The van der Waals surface area contributed by atoms with Crippen LogP contribution in [0.3, 0.4) is 0 Å². The maximum absolute atomic E-state index is 5.80. The van der Waals surface area contributed by atoms with E-state index in [9.17, 15) is 0 Å². The van der Waals surface area contributed by atoms with Gasteiger partial charge in [-0.2, -0.15) is 0 Å². The third kappa shape index (κ3) is 6.80. The molecule has 1 saturated heterocycles. The molecule has 0 aliphatic carbocycles. The molecule has 1 atom stereocenters. The van der Waals surface area contributed by atoms with E-state index in [4.69, 9.17) is 20.6 Å². The molecule has 0 aromatic heterocycles. The van der Waals surface area contributed by atoms with E-state index < -0.39 is 5.79 Å². The predicted octanol–water partition coefficient (Wildman–Crippen LogP) is 3.79. The van der Waals surface area contributed by atoms with Crippen LogP contribution in [0.15, 0.2) is 12.2 Å². The molecule has 0 N–H and O–H groups in total. The standard InChI is InChI=1S/C20H30O3/c1-8-11-20(14-22-19(6,7)23-15-20)12-9-10-18(17(4)5)21-13-16(2)3/h1,17-18H,2,11-15H2,3-7H3. The zero-order valence-electron chi connectivity index (χ0n) is 15.2. The molecule has 3 heteroatoms. The Balaban J connectivity index is 2.71. The molecule has 1 unspecified atom stereocenters. The minimum atomic E-state index is -0.545. The van der Waals surface area contributed by atoms with Crippen molar-refractivity contribution in [3.63, 3.8) is 0 Å². The zero-order valence-corrected chi connectivity index (χ0v) is 15.2. The molecule has 3 nitrogen and oxygen atoms in total. The van der Waals surface area contributed by atoms with Crippen molar-refractivity contribution in [3.8, 4) is 24.2 Å². The first kappa shape index (κ1) is 19.8. The van der Waals surface area contributed by atoms with E-state index in [0.29, 0.717) is 38.6 Å². The first-order chi connectivity index (χ1) is 10.7. The lowest BCUT2D eigenvalue weighted by atomic mass is 9.82. The fourth-order valence-corrected chi connectivity index (χ4v) is 2.19. The summed E-state index contributed by atoms with van der Waals surface area (Å²) in [7, 11) is 0. The summed E-state index contributed by atoms with van der Waals surface area (Å²) in [6.07, 6.45) is 6.67. The molecule has 0 aromatic rings. The van der Waals surface area contributed by atoms with Crippen LogP contribution in [0.2, 0.25) is 0 Å². The van der Waals surface area contributed by atoms with Crippen LogP contribution in [-0.2, 0) is 14.2 Å². The van der Waals surface area contributed by atoms with Gasteiger partial charge in [-0.1, -0.05) is 37.8 Å². The average Bonchev–Trinajstić information content (AvgIpc) is 2.45. The van der Waals surface area contributed by atoms with E-state index in [1.807, 2.05) is 20.8 Å². The zero-order chi connectivity index (χ0) is 17.5. The molecule has 0 saturated carbocycles. The quantitative estimate of drug-likeness (QED) is 0.551. The first-order valence-corrected chi connectivity index (χ1v) is 8.15. The van der Waals surface area contributed by atoms with Gasteiger partial charge in [0.25, 0.3) is 0 Å². The highest BCUT2D eigenvalue weighted by Crippen LogP contribution is 2.35. The van der Waals surface area contributed by atoms with Crippen molar-refractivity contribution in [1.82, 2.24) is 0 Å². The van der Waals surface area contributed by atoms with Gasteiger partial charge < -0.3 is 14.2 Å². The highest BCUT2D eigenvalue weighted by molar-refractivity contribution is 5.11. The summed E-state index contributed by atoms with van der Waals surface area (Å²) in [5, 5.41) is 0. The summed E-state index contributed by atoms with van der Waals surface area (Å²) in [5.41, 5.74) is 0.769. The van der Waals surface area contributed by atoms with Gasteiger partial charge in [-0.05, 0) is 26.7 Å². The van der Waals surface area contributed by atoms with Gasteiger partial charge in [0, 0.05) is 18.3 Å². The molecule has 0 bridgehead atoms. The van der Waals surface area contributed by atoms with Gasteiger partial charge in [0.1, 0.15) is 6.10 Å². The highest BCUT2D eigenvalue weighted by Gasteiger charge is 2.39. The van der Waals surface area contributed by atoms with Crippen molar-refractivity contribution in [1.29, 1.82) is 0 Å². The van der Waals surface area contributed by atoms with Crippen LogP contribution >= 0.6 is 0 Å². The van der Waals surface area contributed by atoms with Gasteiger partial charge in [0.15, 0.2) is 5.79 Å². The molecule has 23 heavy (non-hydrogen) atoms. The van der Waals surface area contributed by atoms with Crippen molar-refractivity contribution >= 4 is 0 Å². The van der Waals surface area contributed by atoms with E-state index in [0.717, 1.165) is 5.57 Å². The number of hydrogen-bond donors (Lipinski definition) is 0. The van der Waals surface area contributed by atoms with E-state index >= 15 is 0 Å². The van der Waals surface area contributed by atoms with Gasteiger partial charge in [-0.15, -0.1) is 12.3 Å². The van der Waals surface area contributed by atoms with Crippen molar-refractivity contribution in [2.45, 2.75) is 59.4 Å². The minimum absolute atomic E-state index is 0.101. The van der Waals surface area contributed by atoms with Crippen LogP contribution in [0.1, 0.15) is 47.5 Å². The molecule has 1 rings (SSSR count). The van der Waals surface area contributed by atoms with Crippen molar-refractivity contribution in [2.24, 2.45) is 11.3 Å². The lowest BCUT2D eigenvalue weighted by Crippen LogP contribution is -2.46. The Kier molecular flexibility index (Phi) is 7.36. The van der Waals surface area contributed by atoms with Crippen molar-refractivity contribution in [3.05, 3.63) is 12.2 Å². The van der Waals surface area contributed by atoms with Crippen LogP contribution < -0.4 is 0 Å². The molecule has 0 aromatic carbocycles. The fraction of sp³-hybridized carbons (Fsp3) is 0.700. The van der Waals surface area contributed by atoms with Crippen molar-refractivity contribution < 1.29 is 14.2 Å². The molecule has 0 amide bonds. The molecule has 1 heterocycles. The minimum Gasteiger partial charge on any atom is -0.361 e. The summed E-state index contributed by atoms with van der Waals surface area (Å²) in [6, 6.07) is 0. The van der Waals surface area contributed by atoms with Crippen molar-refractivity contribution in [2.75, 3.05) is 19.8 Å². The maximum atomic E-state index is 5.80. The first-order valence-electron chi connectivity index (χ1n) is 8.15. The normalized spacial score (nSPS) is 20.2. The van der Waals surface area contributed by atoms with Gasteiger partial charge in [-0.25, -0.2) is 0 Å². The lowest BCUT2D eigenvalue weighted by molar-refractivity contribution is -0.283.